The molecule has 1 amide bonds. The zero-order chi connectivity index (χ0) is 21.6. The van der Waals surface area contributed by atoms with E-state index in [4.69, 9.17) is 0 Å². The van der Waals surface area contributed by atoms with E-state index in [0.29, 0.717) is 24.9 Å². The highest BCUT2D eigenvalue weighted by Gasteiger charge is 2.43. The molecule has 0 radical (unpaired) electrons. The van der Waals surface area contributed by atoms with Crippen molar-refractivity contribution in [1.29, 1.82) is 0 Å². The van der Waals surface area contributed by atoms with Crippen molar-refractivity contribution in [2.45, 2.75) is 101 Å². The van der Waals surface area contributed by atoms with Crippen LogP contribution < -0.4 is 5.32 Å². The first-order chi connectivity index (χ1) is 15.0. The predicted molar refractivity (Wildman–Crippen MR) is 124 cm³/mol. The number of piperidine rings is 1. The number of sulfone groups is 1. The molecule has 6 heteroatoms. The lowest BCUT2D eigenvalue weighted by Gasteiger charge is -2.37. The minimum Gasteiger partial charge on any atom is -0.326 e. The summed E-state index contributed by atoms with van der Waals surface area (Å²) in [5.74, 6) is 0.118. The first-order valence-electron chi connectivity index (χ1n) is 12.4. The summed E-state index contributed by atoms with van der Waals surface area (Å²) in [6, 6.07) is 3.24. The fourth-order valence-corrected chi connectivity index (χ4v) is 8.71. The molecule has 5 rings (SSSR count). The standard InChI is InChI=1S/C25H36N2O3S/c1-2-27-19-11-12-20(27)16-21(15-19)31(29,30)13-5-10-24(28)26-25-22-8-3-6-17(22)14-18-7-4-9-23(18)25/h14,19-21H,2-13,15-16H2,1H3,(H,26,28). The molecule has 2 aliphatic carbocycles. The van der Waals surface area contributed by atoms with Crippen molar-refractivity contribution in [1.82, 2.24) is 4.90 Å². The van der Waals surface area contributed by atoms with E-state index in [1.165, 1.54) is 22.3 Å². The Morgan fingerprint density at radius 2 is 1.65 bits per heavy atom. The molecular weight excluding hydrogens is 408 g/mol. The first kappa shape index (κ1) is 21.4. The van der Waals surface area contributed by atoms with Crippen LogP contribution in [0.15, 0.2) is 6.07 Å². The number of fused-ring (bicyclic) bond motifs is 4. The van der Waals surface area contributed by atoms with Crippen LogP contribution in [0.2, 0.25) is 0 Å². The molecule has 2 bridgehead atoms. The van der Waals surface area contributed by atoms with Crippen molar-refractivity contribution in [2.24, 2.45) is 0 Å². The maximum atomic E-state index is 13.0. The number of anilines is 1. The van der Waals surface area contributed by atoms with E-state index < -0.39 is 9.84 Å². The summed E-state index contributed by atoms with van der Waals surface area (Å²) in [7, 11) is -3.14. The smallest absolute Gasteiger partial charge is 0.224 e. The van der Waals surface area contributed by atoms with Gasteiger partial charge in [0.1, 0.15) is 0 Å². The Hall–Kier alpha value is -1.40. The second-order valence-electron chi connectivity index (χ2n) is 10.1. The second kappa shape index (κ2) is 8.51. The van der Waals surface area contributed by atoms with Crippen LogP contribution in [0.4, 0.5) is 5.69 Å². The van der Waals surface area contributed by atoms with Crippen molar-refractivity contribution in [3.63, 3.8) is 0 Å². The largest absolute Gasteiger partial charge is 0.326 e. The molecule has 1 aromatic carbocycles. The van der Waals surface area contributed by atoms with Gasteiger partial charge in [0.05, 0.1) is 11.0 Å². The molecule has 170 valence electrons. The maximum absolute atomic E-state index is 13.0. The molecule has 2 aliphatic heterocycles. The monoisotopic (exact) mass is 444 g/mol. The van der Waals surface area contributed by atoms with Gasteiger partial charge < -0.3 is 5.32 Å². The third-order valence-electron chi connectivity index (χ3n) is 8.28. The van der Waals surface area contributed by atoms with Crippen molar-refractivity contribution in [3.05, 3.63) is 28.3 Å². The number of amides is 1. The van der Waals surface area contributed by atoms with Crippen LogP contribution in [0, 0.1) is 0 Å². The summed E-state index contributed by atoms with van der Waals surface area (Å²) >= 11 is 0. The van der Waals surface area contributed by atoms with Gasteiger partial charge in [-0.2, -0.15) is 0 Å². The third-order valence-corrected chi connectivity index (χ3v) is 10.5. The molecular formula is C25H36N2O3S. The number of rotatable bonds is 7. The van der Waals surface area contributed by atoms with Crippen LogP contribution in [-0.2, 0) is 40.3 Å². The zero-order valence-electron chi connectivity index (χ0n) is 18.8. The number of hydrogen-bond acceptors (Lipinski definition) is 4. The van der Waals surface area contributed by atoms with Crippen molar-refractivity contribution >= 4 is 21.4 Å². The Morgan fingerprint density at radius 1 is 1.03 bits per heavy atom. The van der Waals surface area contributed by atoms with E-state index in [1.54, 1.807) is 0 Å². The van der Waals surface area contributed by atoms with Gasteiger partial charge in [0.15, 0.2) is 9.84 Å². The number of benzene rings is 1. The van der Waals surface area contributed by atoms with Gasteiger partial charge in [-0.05, 0) is 99.4 Å². The number of carbonyl (C=O) groups is 1. The molecule has 2 heterocycles. The minimum absolute atomic E-state index is 0.0227. The van der Waals surface area contributed by atoms with E-state index in [9.17, 15) is 13.2 Å². The van der Waals surface area contributed by atoms with Crippen molar-refractivity contribution in [3.8, 4) is 0 Å². The van der Waals surface area contributed by atoms with E-state index >= 15 is 0 Å². The van der Waals surface area contributed by atoms with Crippen LogP contribution in [0.5, 0.6) is 0 Å². The van der Waals surface area contributed by atoms with Gasteiger partial charge in [0.25, 0.3) is 0 Å². The number of hydrogen-bond donors (Lipinski definition) is 1. The third kappa shape index (κ3) is 4.06. The van der Waals surface area contributed by atoms with E-state index in [1.807, 2.05) is 0 Å². The van der Waals surface area contributed by atoms with Crippen molar-refractivity contribution in [2.75, 3.05) is 17.6 Å². The van der Waals surface area contributed by atoms with E-state index in [2.05, 4.69) is 23.2 Å². The van der Waals surface area contributed by atoms with Gasteiger partial charge in [-0.1, -0.05) is 13.0 Å². The van der Waals surface area contributed by atoms with Gasteiger partial charge in [0, 0.05) is 24.2 Å². The number of aryl methyl sites for hydroxylation is 2. The predicted octanol–water partition coefficient (Wildman–Crippen LogP) is 3.81. The Labute approximate surface area is 186 Å². The average Bonchev–Trinajstić information content (AvgIpc) is 3.45. The Kier molecular flexibility index (Phi) is 5.89. The van der Waals surface area contributed by atoms with Gasteiger partial charge in [-0.25, -0.2) is 8.42 Å². The fraction of sp³-hybridized carbons (Fsp3) is 0.720. The quantitative estimate of drug-likeness (QED) is 0.694. The van der Waals surface area contributed by atoms with Crippen LogP contribution in [-0.4, -0.2) is 48.9 Å². The molecule has 2 atom stereocenters. The summed E-state index contributed by atoms with van der Waals surface area (Å²) in [6.07, 6.45) is 11.2. The Bertz CT molecular complexity index is 925. The topological polar surface area (TPSA) is 66.5 Å². The normalized spacial score (nSPS) is 27.3. The lowest BCUT2D eigenvalue weighted by molar-refractivity contribution is -0.116. The minimum atomic E-state index is -3.14. The van der Waals surface area contributed by atoms with E-state index in [0.717, 1.165) is 76.4 Å². The van der Waals surface area contributed by atoms with E-state index in [-0.39, 0.29) is 16.9 Å². The number of nitrogens with one attached hydrogen (secondary N) is 1. The van der Waals surface area contributed by atoms with Crippen LogP contribution >= 0.6 is 0 Å². The Morgan fingerprint density at radius 3 is 2.23 bits per heavy atom. The maximum Gasteiger partial charge on any atom is 0.224 e. The molecule has 1 aromatic rings. The molecule has 4 aliphatic rings. The Balaban J connectivity index is 1.18. The second-order valence-corrected chi connectivity index (χ2v) is 12.5. The summed E-state index contributed by atoms with van der Waals surface area (Å²) < 4.78 is 26.0. The summed E-state index contributed by atoms with van der Waals surface area (Å²) in [4.78, 5) is 15.3. The SMILES string of the molecule is CCN1C2CCC1CC(S(=O)(=O)CCCC(=O)Nc1c3c(cc4c1CCC4)CCC3)C2. The fourth-order valence-electron chi connectivity index (χ4n) is 6.80. The molecule has 2 unspecified atom stereocenters. The summed E-state index contributed by atoms with van der Waals surface area (Å²) in [6.45, 7) is 3.20. The van der Waals surface area contributed by atoms with Crippen molar-refractivity contribution < 1.29 is 13.2 Å². The molecule has 0 saturated carbocycles. The van der Waals surface area contributed by atoms with Gasteiger partial charge in [-0.3, -0.25) is 9.69 Å². The number of nitrogens with zero attached hydrogens (tertiary/aromatic N) is 1. The molecule has 5 nitrogen and oxygen atoms in total. The van der Waals surface area contributed by atoms with Crippen LogP contribution in [0.3, 0.4) is 0 Å². The van der Waals surface area contributed by atoms with Gasteiger partial charge in [-0.15, -0.1) is 0 Å². The highest BCUT2D eigenvalue weighted by molar-refractivity contribution is 7.92. The molecule has 31 heavy (non-hydrogen) atoms. The molecule has 0 aromatic heterocycles. The van der Waals surface area contributed by atoms with Crippen LogP contribution in [0.1, 0.15) is 80.5 Å². The summed E-state index contributed by atoms with van der Waals surface area (Å²) in [5.41, 5.74) is 6.55. The zero-order valence-corrected chi connectivity index (χ0v) is 19.6. The summed E-state index contributed by atoms with van der Waals surface area (Å²) in [5, 5.41) is 2.99. The highest BCUT2D eigenvalue weighted by Crippen LogP contribution is 2.39. The van der Waals surface area contributed by atoms with Crippen LogP contribution in [0.25, 0.3) is 0 Å². The van der Waals surface area contributed by atoms with Gasteiger partial charge >= 0.3 is 0 Å². The lowest BCUT2D eigenvalue weighted by Crippen LogP contribution is -2.47. The highest BCUT2D eigenvalue weighted by atomic mass is 32.2. The average molecular weight is 445 g/mol. The molecule has 0 spiro atoms. The first-order valence-corrected chi connectivity index (χ1v) is 14.1. The number of carbonyl (C=O) groups excluding carboxylic acids is 1. The molecule has 1 N–H and O–H groups in total. The van der Waals surface area contributed by atoms with Gasteiger partial charge in [0.2, 0.25) is 5.91 Å². The molecule has 2 saturated heterocycles. The lowest BCUT2D eigenvalue weighted by atomic mass is 9.98. The molecule has 2 fully saturated rings.